The summed E-state index contributed by atoms with van der Waals surface area (Å²) in [5.41, 5.74) is 1.19. The van der Waals surface area contributed by atoms with Crippen molar-refractivity contribution in [3.05, 3.63) is 12.7 Å². The number of ether oxygens (including phenoxy) is 1. The van der Waals surface area contributed by atoms with E-state index in [4.69, 9.17) is 4.74 Å². The fourth-order valence-electron chi connectivity index (χ4n) is 3.09. The van der Waals surface area contributed by atoms with Crippen LogP contribution >= 0.6 is 6.89 Å². The normalized spacial score (nSPS) is 26.5. The van der Waals surface area contributed by atoms with Gasteiger partial charge in [0.25, 0.3) is 0 Å². The van der Waals surface area contributed by atoms with Crippen molar-refractivity contribution in [2.75, 3.05) is 31.4 Å². The van der Waals surface area contributed by atoms with Crippen LogP contribution < -0.4 is 5.32 Å². The smallest absolute Gasteiger partial charge is 0.167 e. The lowest BCUT2D eigenvalue weighted by molar-refractivity contribution is -0.0353. The zero-order valence-electron chi connectivity index (χ0n) is 15.5. The van der Waals surface area contributed by atoms with Crippen molar-refractivity contribution in [3.63, 3.8) is 0 Å². The van der Waals surface area contributed by atoms with E-state index in [9.17, 15) is 10.2 Å². The van der Waals surface area contributed by atoms with E-state index >= 15 is 0 Å². The van der Waals surface area contributed by atoms with Crippen molar-refractivity contribution in [1.29, 1.82) is 0 Å². The fourth-order valence-corrected chi connectivity index (χ4v) is 4.04. The number of aromatic nitrogens is 4. The summed E-state index contributed by atoms with van der Waals surface area (Å²) in [6, 6.07) is 0. The lowest BCUT2D eigenvalue weighted by atomic mass is 10.1. The third-order valence-electron chi connectivity index (χ3n) is 4.53. The molecule has 1 fully saturated rings. The lowest BCUT2D eigenvalue weighted by Crippen LogP contribution is -2.31. The molecular weight excluding hydrogens is 353 g/mol. The van der Waals surface area contributed by atoms with Gasteiger partial charge in [-0.05, 0) is 32.3 Å². The van der Waals surface area contributed by atoms with Crippen LogP contribution in [0.1, 0.15) is 26.0 Å². The minimum Gasteiger partial charge on any atom is -0.388 e. The van der Waals surface area contributed by atoms with Crippen LogP contribution in [0.25, 0.3) is 11.2 Å². The Hall–Kier alpha value is -1.47. The molecule has 1 saturated heterocycles. The molecule has 0 bridgehead atoms. The molecule has 8 nitrogen and oxygen atoms in total. The van der Waals surface area contributed by atoms with Crippen molar-refractivity contribution in [2.24, 2.45) is 0 Å². The highest BCUT2D eigenvalue weighted by Gasteiger charge is 2.44. The van der Waals surface area contributed by atoms with Crippen LogP contribution in [-0.4, -0.2) is 80.4 Å². The maximum Gasteiger partial charge on any atom is 0.167 e. The van der Waals surface area contributed by atoms with Gasteiger partial charge in [0, 0.05) is 6.54 Å². The Kier molecular flexibility index (Phi) is 5.67. The van der Waals surface area contributed by atoms with Gasteiger partial charge in [-0.15, -0.1) is 13.2 Å². The van der Waals surface area contributed by atoms with Gasteiger partial charge in [0.2, 0.25) is 0 Å². The van der Waals surface area contributed by atoms with Crippen molar-refractivity contribution in [1.82, 2.24) is 19.5 Å². The molecule has 144 valence electrons. The zero-order valence-corrected chi connectivity index (χ0v) is 16.4. The van der Waals surface area contributed by atoms with E-state index in [1.54, 1.807) is 10.9 Å². The highest BCUT2D eigenvalue weighted by Crippen LogP contribution is 2.40. The first kappa shape index (κ1) is 19.3. The molecule has 26 heavy (non-hydrogen) atoms. The fraction of sp³-hybridized carbons (Fsp3) is 0.647. The van der Waals surface area contributed by atoms with Crippen molar-refractivity contribution >= 4 is 30.2 Å². The number of hydrogen-bond donors (Lipinski definition) is 3. The van der Waals surface area contributed by atoms with E-state index < -0.39 is 31.4 Å². The molecule has 3 rings (SSSR count). The number of anilines is 1. The van der Waals surface area contributed by atoms with Crippen LogP contribution in [0.5, 0.6) is 0 Å². The number of hydrogen-bond acceptors (Lipinski definition) is 7. The summed E-state index contributed by atoms with van der Waals surface area (Å²) >= 11 is 0. The first-order chi connectivity index (χ1) is 12.3. The number of aliphatic hydroxyl groups is 2. The highest BCUT2D eigenvalue weighted by molar-refractivity contribution is 7.72. The van der Waals surface area contributed by atoms with Crippen molar-refractivity contribution < 1.29 is 14.9 Å². The predicted octanol–water partition coefficient (Wildman–Crippen LogP) is 1.37. The van der Waals surface area contributed by atoms with Gasteiger partial charge in [0.1, 0.15) is 18.5 Å². The number of aliphatic hydroxyl groups excluding tert-OH is 2. The molecule has 4 atom stereocenters. The summed E-state index contributed by atoms with van der Waals surface area (Å²) < 4.78 is 7.66. The third kappa shape index (κ3) is 3.93. The van der Waals surface area contributed by atoms with Crippen LogP contribution in [0, 0.1) is 0 Å². The summed E-state index contributed by atoms with van der Waals surface area (Å²) in [4.78, 5) is 12.9. The van der Waals surface area contributed by atoms with E-state index in [0.717, 1.165) is 19.1 Å². The van der Waals surface area contributed by atoms with Gasteiger partial charge in [-0.3, -0.25) is 4.57 Å². The topological polar surface area (TPSA) is 105 Å². The molecule has 3 N–H and O–H groups in total. The molecule has 0 saturated carbocycles. The summed E-state index contributed by atoms with van der Waals surface area (Å²) in [7, 11) is 0. The largest absolute Gasteiger partial charge is 0.388 e. The van der Waals surface area contributed by atoms with Gasteiger partial charge in [-0.2, -0.15) is 0 Å². The average Bonchev–Trinajstić information content (AvgIpc) is 3.13. The van der Waals surface area contributed by atoms with E-state index in [2.05, 4.69) is 46.8 Å². The van der Waals surface area contributed by atoms with Gasteiger partial charge in [0.05, 0.1) is 12.4 Å². The molecule has 2 aromatic heterocycles. The van der Waals surface area contributed by atoms with Gasteiger partial charge < -0.3 is 20.3 Å². The third-order valence-corrected chi connectivity index (χ3v) is 6.00. The minimum absolute atomic E-state index is 0.423. The zero-order chi connectivity index (χ0) is 18.9. The standard InChI is InChI=1S/C17H28N5O3P/c1-5-7-18-15-12-16(20-9-19-15)22(10-21-12)17-14(24)13(23)11(25-17)6-8-26(2,3)4/h9-11,13-14,17,23-24H,2,5-8H2,1,3-4H3,(H,18,19,20)/t11?,13-,14-,17-/m1/s1. The maximum atomic E-state index is 10.5. The van der Waals surface area contributed by atoms with E-state index in [1.165, 1.54) is 6.33 Å². The predicted molar refractivity (Wildman–Crippen MR) is 105 cm³/mol. The molecule has 9 heteroatoms. The number of imidazole rings is 1. The van der Waals surface area contributed by atoms with Crippen molar-refractivity contribution in [2.45, 2.75) is 44.3 Å². The molecule has 0 amide bonds. The Balaban J connectivity index is 1.83. The van der Waals surface area contributed by atoms with Crippen molar-refractivity contribution in [3.8, 4) is 0 Å². The maximum absolute atomic E-state index is 10.5. The van der Waals surface area contributed by atoms with Crippen LogP contribution in [0.15, 0.2) is 12.7 Å². The molecule has 0 spiro atoms. The molecule has 0 aromatic carbocycles. The Morgan fingerprint density at radius 1 is 1.27 bits per heavy atom. The highest BCUT2D eigenvalue weighted by atomic mass is 31.2. The quantitative estimate of drug-likeness (QED) is 0.622. The van der Waals surface area contributed by atoms with Crippen LogP contribution in [-0.2, 0) is 4.74 Å². The second-order valence-electron chi connectivity index (χ2n) is 7.47. The summed E-state index contributed by atoms with van der Waals surface area (Å²) in [6.45, 7) is 5.93. The molecule has 0 radical (unpaired) electrons. The molecule has 1 unspecified atom stereocenters. The second kappa shape index (κ2) is 7.64. The van der Waals surface area contributed by atoms with Crippen LogP contribution in [0.2, 0.25) is 0 Å². The summed E-state index contributed by atoms with van der Waals surface area (Å²) in [5.74, 6) is 0.656. The Morgan fingerprint density at radius 2 is 2.04 bits per heavy atom. The Morgan fingerprint density at radius 3 is 2.73 bits per heavy atom. The Bertz CT molecular complexity index is 805. The first-order valence-corrected chi connectivity index (χ1v) is 12.0. The SMILES string of the molecule is C=P(C)(C)CCC1O[C@@H](n2cnc3c(NCCC)ncnc32)[C@H](O)[C@@H]1O. The molecule has 0 aliphatic carbocycles. The molecular formula is C17H28N5O3P. The van der Waals surface area contributed by atoms with Crippen LogP contribution in [0.4, 0.5) is 5.82 Å². The Labute approximate surface area is 153 Å². The number of nitrogens with one attached hydrogen (secondary N) is 1. The monoisotopic (exact) mass is 381 g/mol. The van der Waals surface area contributed by atoms with E-state index in [1.807, 2.05) is 0 Å². The van der Waals surface area contributed by atoms with Gasteiger partial charge in [-0.25, -0.2) is 15.0 Å². The molecule has 1 aliphatic heterocycles. The van der Waals surface area contributed by atoms with E-state index in [-0.39, 0.29) is 0 Å². The molecule has 1 aliphatic rings. The molecule has 2 aromatic rings. The minimum atomic E-state index is -1.22. The number of rotatable bonds is 7. The second-order valence-corrected chi connectivity index (χ2v) is 11.8. The molecule has 3 heterocycles. The summed E-state index contributed by atoms with van der Waals surface area (Å²) in [5, 5.41) is 24.1. The lowest BCUT2D eigenvalue weighted by Gasteiger charge is -2.18. The van der Waals surface area contributed by atoms with Gasteiger partial charge >= 0.3 is 0 Å². The number of nitrogens with zero attached hydrogens (tertiary/aromatic N) is 4. The van der Waals surface area contributed by atoms with Gasteiger partial charge in [0.15, 0.2) is 23.2 Å². The van der Waals surface area contributed by atoms with Crippen LogP contribution in [0.3, 0.4) is 0 Å². The average molecular weight is 381 g/mol. The van der Waals surface area contributed by atoms with Gasteiger partial charge in [-0.1, -0.05) is 6.92 Å². The van der Waals surface area contributed by atoms with E-state index in [0.29, 0.717) is 23.4 Å². The first-order valence-electron chi connectivity index (χ1n) is 8.92. The number of fused-ring (bicyclic) bond motifs is 1. The summed E-state index contributed by atoms with van der Waals surface area (Å²) in [6.07, 6.45) is 6.65.